The van der Waals surface area contributed by atoms with Crippen LogP contribution in [0.1, 0.15) is 33.1 Å². The van der Waals surface area contributed by atoms with Gasteiger partial charge in [-0.25, -0.2) is 0 Å². The van der Waals surface area contributed by atoms with E-state index in [0.717, 1.165) is 19.5 Å². The van der Waals surface area contributed by atoms with Gasteiger partial charge < -0.3 is 10.6 Å². The number of alkyl halides is 3. The molecule has 2 N–H and O–H groups in total. The van der Waals surface area contributed by atoms with E-state index < -0.39 is 11.7 Å². The molecule has 2 aliphatic rings. The Hall–Kier alpha value is -0.290. The normalized spacial score (nSPS) is 32.1. The van der Waals surface area contributed by atoms with Crippen molar-refractivity contribution in [2.45, 2.75) is 44.8 Å². The predicted molar refractivity (Wildman–Crippen MR) is 60.8 cm³/mol. The van der Waals surface area contributed by atoms with Crippen LogP contribution in [0.3, 0.4) is 0 Å². The molecule has 1 aliphatic carbocycles. The van der Waals surface area contributed by atoms with E-state index in [1.165, 1.54) is 0 Å². The first kappa shape index (κ1) is 13.1. The Morgan fingerprint density at radius 3 is 2.24 bits per heavy atom. The molecule has 1 heterocycles. The molecule has 0 radical (unpaired) electrons. The van der Waals surface area contributed by atoms with Crippen LogP contribution >= 0.6 is 0 Å². The van der Waals surface area contributed by atoms with Gasteiger partial charge in [0, 0.05) is 13.1 Å². The van der Waals surface area contributed by atoms with Crippen molar-refractivity contribution in [3.63, 3.8) is 0 Å². The molecule has 0 aromatic heterocycles. The lowest BCUT2D eigenvalue weighted by Gasteiger charge is -2.35. The monoisotopic (exact) mass is 250 g/mol. The summed E-state index contributed by atoms with van der Waals surface area (Å²) in [5.74, 6) is 0.397. The maximum absolute atomic E-state index is 12.8. The molecule has 17 heavy (non-hydrogen) atoms. The summed E-state index contributed by atoms with van der Waals surface area (Å²) in [6.45, 7) is 6.41. The first-order valence-electron chi connectivity index (χ1n) is 6.34. The van der Waals surface area contributed by atoms with Crippen molar-refractivity contribution < 1.29 is 13.2 Å². The molecule has 100 valence electrons. The lowest BCUT2D eigenvalue weighted by molar-refractivity contribution is -0.167. The molecule has 1 saturated carbocycles. The minimum atomic E-state index is -4.10. The van der Waals surface area contributed by atoms with E-state index >= 15 is 0 Å². The van der Waals surface area contributed by atoms with Gasteiger partial charge in [0.1, 0.15) is 5.54 Å². The van der Waals surface area contributed by atoms with Gasteiger partial charge in [0.15, 0.2) is 0 Å². The summed E-state index contributed by atoms with van der Waals surface area (Å²) in [5, 5.41) is 6.08. The molecule has 0 spiro atoms. The first-order valence-corrected chi connectivity index (χ1v) is 6.34. The van der Waals surface area contributed by atoms with Gasteiger partial charge in [0.25, 0.3) is 0 Å². The van der Waals surface area contributed by atoms with Gasteiger partial charge in [-0.3, -0.25) is 0 Å². The molecular weight excluding hydrogens is 229 g/mol. The third-order valence-corrected chi connectivity index (χ3v) is 4.57. The van der Waals surface area contributed by atoms with E-state index in [0.29, 0.717) is 12.5 Å². The Kier molecular flexibility index (Phi) is 3.19. The molecule has 2 nitrogen and oxygen atoms in total. The molecule has 2 rings (SSSR count). The van der Waals surface area contributed by atoms with E-state index in [2.05, 4.69) is 24.5 Å². The predicted octanol–water partition coefficient (Wildman–Crippen LogP) is 2.31. The van der Waals surface area contributed by atoms with Gasteiger partial charge in [-0.15, -0.1) is 0 Å². The van der Waals surface area contributed by atoms with Crippen LogP contribution in [0.5, 0.6) is 0 Å². The van der Waals surface area contributed by atoms with Gasteiger partial charge >= 0.3 is 6.18 Å². The molecule has 1 aliphatic heterocycles. The fourth-order valence-electron chi connectivity index (χ4n) is 2.64. The van der Waals surface area contributed by atoms with E-state index in [-0.39, 0.29) is 18.3 Å². The van der Waals surface area contributed by atoms with Crippen LogP contribution in [0, 0.1) is 11.3 Å². The summed E-state index contributed by atoms with van der Waals surface area (Å²) in [7, 11) is 0. The number of halogens is 3. The van der Waals surface area contributed by atoms with Crippen LogP contribution in [0.25, 0.3) is 0 Å². The van der Waals surface area contributed by atoms with E-state index in [9.17, 15) is 13.2 Å². The lowest BCUT2D eigenvalue weighted by Crippen LogP contribution is -2.51. The third-order valence-electron chi connectivity index (χ3n) is 4.57. The minimum absolute atomic E-state index is 0.0131. The highest BCUT2D eigenvalue weighted by atomic mass is 19.4. The second-order valence-corrected chi connectivity index (χ2v) is 5.88. The Balaban J connectivity index is 1.97. The quantitative estimate of drug-likeness (QED) is 0.800. The Bertz CT molecular complexity index is 276. The summed E-state index contributed by atoms with van der Waals surface area (Å²) < 4.78 is 38.5. The smallest absolute Gasteiger partial charge is 0.316 e. The van der Waals surface area contributed by atoms with Crippen molar-refractivity contribution in [2.75, 3.05) is 19.6 Å². The van der Waals surface area contributed by atoms with E-state index in [1.807, 2.05) is 0 Å². The van der Waals surface area contributed by atoms with Crippen molar-refractivity contribution in [3.05, 3.63) is 0 Å². The van der Waals surface area contributed by atoms with Crippen LogP contribution in [0.15, 0.2) is 0 Å². The number of hydrogen-bond acceptors (Lipinski definition) is 2. The topological polar surface area (TPSA) is 24.1 Å². The lowest BCUT2D eigenvalue weighted by atomic mass is 9.76. The van der Waals surface area contributed by atoms with Gasteiger partial charge in [-0.2, -0.15) is 13.2 Å². The standard InChI is InChI=1S/C12H21F3N2/c1-9(2)10(5-6-16-7-10)8-17-11(3-4-11)12(13,14)15/h9,16-17H,3-8H2,1-2H3. The number of nitrogens with one attached hydrogen (secondary N) is 2. The molecule has 0 aromatic rings. The average molecular weight is 250 g/mol. The molecular formula is C12H21F3N2. The molecule has 1 saturated heterocycles. The zero-order valence-corrected chi connectivity index (χ0v) is 10.5. The highest BCUT2D eigenvalue weighted by molar-refractivity contribution is 5.09. The average Bonchev–Trinajstić information content (AvgIpc) is 2.87. The molecule has 0 amide bonds. The van der Waals surface area contributed by atoms with Gasteiger partial charge in [0.2, 0.25) is 0 Å². The molecule has 1 atom stereocenters. The summed E-state index contributed by atoms with van der Waals surface area (Å²) >= 11 is 0. The largest absolute Gasteiger partial charge is 0.406 e. The van der Waals surface area contributed by atoms with Crippen molar-refractivity contribution in [2.24, 2.45) is 11.3 Å². The van der Waals surface area contributed by atoms with Gasteiger partial charge in [-0.05, 0) is 37.1 Å². The third kappa shape index (κ3) is 2.32. The number of rotatable bonds is 4. The number of hydrogen-bond donors (Lipinski definition) is 2. The van der Waals surface area contributed by atoms with Crippen LogP contribution in [-0.4, -0.2) is 31.3 Å². The highest BCUT2D eigenvalue weighted by Gasteiger charge is 2.63. The summed E-state index contributed by atoms with van der Waals surface area (Å²) in [5.41, 5.74) is -1.58. The molecule has 5 heteroatoms. The Labute approximate surface area is 100 Å². The van der Waals surface area contributed by atoms with Crippen LogP contribution in [0.4, 0.5) is 13.2 Å². The zero-order chi connectivity index (χ0) is 12.7. The maximum atomic E-state index is 12.8. The maximum Gasteiger partial charge on any atom is 0.406 e. The van der Waals surface area contributed by atoms with Crippen LogP contribution in [-0.2, 0) is 0 Å². The van der Waals surface area contributed by atoms with Crippen molar-refractivity contribution in [1.29, 1.82) is 0 Å². The van der Waals surface area contributed by atoms with Crippen molar-refractivity contribution >= 4 is 0 Å². The summed E-state index contributed by atoms with van der Waals surface area (Å²) in [6.07, 6.45) is -2.67. The first-order chi connectivity index (χ1) is 7.81. The zero-order valence-electron chi connectivity index (χ0n) is 10.5. The highest BCUT2D eigenvalue weighted by Crippen LogP contribution is 2.49. The van der Waals surface area contributed by atoms with Gasteiger partial charge in [0.05, 0.1) is 0 Å². The Morgan fingerprint density at radius 1 is 1.24 bits per heavy atom. The summed E-state index contributed by atoms with van der Waals surface area (Å²) in [6, 6.07) is 0. The molecule has 0 aromatic carbocycles. The summed E-state index contributed by atoms with van der Waals surface area (Å²) in [4.78, 5) is 0. The SMILES string of the molecule is CC(C)C1(CNC2(C(F)(F)F)CC2)CCNC1. The van der Waals surface area contributed by atoms with Crippen LogP contribution in [0.2, 0.25) is 0 Å². The molecule has 1 unspecified atom stereocenters. The van der Waals surface area contributed by atoms with E-state index in [4.69, 9.17) is 0 Å². The second-order valence-electron chi connectivity index (χ2n) is 5.88. The fraction of sp³-hybridized carbons (Fsp3) is 1.00. The van der Waals surface area contributed by atoms with Crippen LogP contribution < -0.4 is 10.6 Å². The van der Waals surface area contributed by atoms with Crippen molar-refractivity contribution in [1.82, 2.24) is 10.6 Å². The van der Waals surface area contributed by atoms with Crippen molar-refractivity contribution in [3.8, 4) is 0 Å². The van der Waals surface area contributed by atoms with Gasteiger partial charge in [-0.1, -0.05) is 13.8 Å². The second kappa shape index (κ2) is 4.12. The minimum Gasteiger partial charge on any atom is -0.316 e. The Morgan fingerprint density at radius 2 is 1.88 bits per heavy atom. The fourth-order valence-corrected chi connectivity index (χ4v) is 2.64. The van der Waals surface area contributed by atoms with E-state index in [1.54, 1.807) is 0 Å². The molecule has 0 bridgehead atoms. The molecule has 2 fully saturated rings.